The summed E-state index contributed by atoms with van der Waals surface area (Å²) in [6.45, 7) is 3.00. The number of rotatable bonds is 6. The number of benzene rings is 1. The van der Waals surface area contributed by atoms with Crippen molar-refractivity contribution in [1.29, 1.82) is 0 Å². The molecule has 0 radical (unpaired) electrons. The number of hydrogen-bond donors (Lipinski definition) is 0. The maximum absolute atomic E-state index is 11.8. The number of aromatic nitrogens is 2. The van der Waals surface area contributed by atoms with E-state index in [1.165, 1.54) is 16.0 Å². The Morgan fingerprint density at radius 2 is 2.14 bits per heavy atom. The lowest BCUT2D eigenvalue weighted by molar-refractivity contribution is 0.294. The second-order valence-corrected chi connectivity index (χ2v) is 5.79. The lowest BCUT2D eigenvalue weighted by Crippen LogP contribution is -2.17. The molecular weight excluding hydrogens is 300 g/mol. The van der Waals surface area contributed by atoms with Crippen molar-refractivity contribution in [2.24, 2.45) is 0 Å². The van der Waals surface area contributed by atoms with Crippen LogP contribution in [0.3, 0.4) is 0 Å². The average Bonchev–Trinajstić information content (AvgIpc) is 3.15. The van der Waals surface area contributed by atoms with Crippen LogP contribution in [0.5, 0.6) is 5.75 Å². The van der Waals surface area contributed by atoms with Gasteiger partial charge in [0.05, 0.1) is 18.0 Å². The number of para-hydroxylation sites is 1. The largest absolute Gasteiger partial charge is 0.493 e. The highest BCUT2D eigenvalue weighted by Crippen LogP contribution is 2.21. The Labute approximate surface area is 131 Å². The highest BCUT2D eigenvalue weighted by atomic mass is 32.1. The van der Waals surface area contributed by atoms with Gasteiger partial charge in [-0.3, -0.25) is 0 Å². The molecule has 3 rings (SSSR count). The molecule has 0 saturated heterocycles. The van der Waals surface area contributed by atoms with Gasteiger partial charge in [-0.05, 0) is 30.0 Å². The molecule has 3 aromatic rings. The first kappa shape index (κ1) is 14.6. The molecule has 0 fully saturated rings. The van der Waals surface area contributed by atoms with Crippen molar-refractivity contribution in [3.63, 3.8) is 0 Å². The maximum atomic E-state index is 11.8. The number of thiophene rings is 1. The molecule has 0 spiro atoms. The molecule has 114 valence electrons. The Bertz CT molecular complexity index is 790. The van der Waals surface area contributed by atoms with Gasteiger partial charge in [0, 0.05) is 6.42 Å². The SMILES string of the molecule is Cc1ccccc1OCCCn1nc(-c2cccs2)oc1=O. The minimum Gasteiger partial charge on any atom is -0.493 e. The van der Waals surface area contributed by atoms with Gasteiger partial charge in [-0.25, -0.2) is 4.79 Å². The third kappa shape index (κ3) is 3.28. The third-order valence-electron chi connectivity index (χ3n) is 3.20. The van der Waals surface area contributed by atoms with Gasteiger partial charge in [0.25, 0.3) is 5.89 Å². The molecule has 0 atom stereocenters. The van der Waals surface area contributed by atoms with Crippen molar-refractivity contribution < 1.29 is 9.15 Å². The Kier molecular flexibility index (Phi) is 4.39. The molecule has 0 aliphatic heterocycles. The summed E-state index contributed by atoms with van der Waals surface area (Å²) < 4.78 is 12.2. The maximum Gasteiger partial charge on any atom is 0.437 e. The van der Waals surface area contributed by atoms with Gasteiger partial charge in [-0.2, -0.15) is 4.68 Å². The summed E-state index contributed by atoms with van der Waals surface area (Å²) >= 11 is 1.49. The third-order valence-corrected chi connectivity index (χ3v) is 4.06. The first-order chi connectivity index (χ1) is 10.7. The van der Waals surface area contributed by atoms with E-state index in [0.29, 0.717) is 25.5 Å². The van der Waals surface area contributed by atoms with E-state index in [2.05, 4.69) is 5.10 Å². The van der Waals surface area contributed by atoms with E-state index in [4.69, 9.17) is 9.15 Å². The smallest absolute Gasteiger partial charge is 0.437 e. The van der Waals surface area contributed by atoms with E-state index in [1.54, 1.807) is 0 Å². The molecule has 0 amide bonds. The van der Waals surface area contributed by atoms with E-state index >= 15 is 0 Å². The van der Waals surface area contributed by atoms with Crippen LogP contribution in [0.1, 0.15) is 12.0 Å². The molecule has 0 aliphatic carbocycles. The minimum absolute atomic E-state index is 0.375. The Hall–Kier alpha value is -2.34. The van der Waals surface area contributed by atoms with Crippen LogP contribution in [0.4, 0.5) is 0 Å². The van der Waals surface area contributed by atoms with E-state index in [9.17, 15) is 4.79 Å². The highest BCUT2D eigenvalue weighted by Gasteiger charge is 2.10. The molecule has 5 nitrogen and oxygen atoms in total. The average molecular weight is 316 g/mol. The normalized spacial score (nSPS) is 10.8. The highest BCUT2D eigenvalue weighted by molar-refractivity contribution is 7.13. The number of nitrogens with zero attached hydrogens (tertiary/aromatic N) is 2. The minimum atomic E-state index is -0.431. The van der Waals surface area contributed by atoms with E-state index < -0.39 is 5.76 Å². The Morgan fingerprint density at radius 1 is 1.27 bits per heavy atom. The molecule has 1 aromatic carbocycles. The zero-order chi connectivity index (χ0) is 15.4. The van der Waals surface area contributed by atoms with Crippen LogP contribution in [-0.4, -0.2) is 16.4 Å². The van der Waals surface area contributed by atoms with Crippen LogP contribution in [-0.2, 0) is 6.54 Å². The standard InChI is InChI=1S/C16H16N2O3S/c1-12-6-2-3-7-13(12)20-10-5-9-18-16(19)21-15(17-18)14-8-4-11-22-14/h2-4,6-8,11H,5,9-10H2,1H3. The van der Waals surface area contributed by atoms with Gasteiger partial charge in [0.15, 0.2) is 0 Å². The predicted molar refractivity (Wildman–Crippen MR) is 85.4 cm³/mol. The van der Waals surface area contributed by atoms with Crippen molar-refractivity contribution in [2.75, 3.05) is 6.61 Å². The first-order valence-corrected chi connectivity index (χ1v) is 7.92. The fourth-order valence-corrected chi connectivity index (χ4v) is 2.71. The fourth-order valence-electron chi connectivity index (χ4n) is 2.06. The molecule has 0 aliphatic rings. The molecule has 0 N–H and O–H groups in total. The van der Waals surface area contributed by atoms with E-state index in [-0.39, 0.29) is 0 Å². The quantitative estimate of drug-likeness (QED) is 0.654. The summed E-state index contributed by atoms with van der Waals surface area (Å²) in [5.41, 5.74) is 1.10. The summed E-state index contributed by atoms with van der Waals surface area (Å²) in [5, 5.41) is 6.13. The zero-order valence-electron chi connectivity index (χ0n) is 12.2. The van der Waals surface area contributed by atoms with Crippen LogP contribution in [0, 0.1) is 6.92 Å². The van der Waals surface area contributed by atoms with Crippen molar-refractivity contribution in [2.45, 2.75) is 19.9 Å². The monoisotopic (exact) mass is 316 g/mol. The van der Waals surface area contributed by atoms with E-state index in [0.717, 1.165) is 16.2 Å². The van der Waals surface area contributed by atoms with Crippen LogP contribution >= 0.6 is 11.3 Å². The summed E-state index contributed by atoms with van der Waals surface area (Å²) in [4.78, 5) is 12.6. The number of ether oxygens (including phenoxy) is 1. The van der Waals surface area contributed by atoms with Crippen molar-refractivity contribution >= 4 is 11.3 Å². The van der Waals surface area contributed by atoms with Crippen molar-refractivity contribution in [1.82, 2.24) is 9.78 Å². The second-order valence-electron chi connectivity index (χ2n) is 4.84. The summed E-state index contributed by atoms with van der Waals surface area (Å²) in [5.74, 6) is 0.813. The van der Waals surface area contributed by atoms with Gasteiger partial charge in [-0.15, -0.1) is 16.4 Å². The number of hydrogen-bond acceptors (Lipinski definition) is 5. The lowest BCUT2D eigenvalue weighted by atomic mass is 10.2. The molecule has 0 bridgehead atoms. The fraction of sp³-hybridized carbons (Fsp3) is 0.250. The lowest BCUT2D eigenvalue weighted by Gasteiger charge is -2.08. The van der Waals surface area contributed by atoms with Gasteiger partial charge in [0.1, 0.15) is 5.75 Å². The summed E-state index contributed by atoms with van der Waals surface area (Å²) in [6.07, 6.45) is 0.685. The van der Waals surface area contributed by atoms with Crippen molar-refractivity contribution in [3.05, 3.63) is 57.9 Å². The second kappa shape index (κ2) is 6.62. The Balaban J connectivity index is 1.56. The van der Waals surface area contributed by atoms with Gasteiger partial charge >= 0.3 is 5.76 Å². The first-order valence-electron chi connectivity index (χ1n) is 7.04. The van der Waals surface area contributed by atoms with Crippen molar-refractivity contribution in [3.8, 4) is 16.5 Å². The molecule has 22 heavy (non-hydrogen) atoms. The van der Waals surface area contributed by atoms with Gasteiger partial charge < -0.3 is 9.15 Å². The zero-order valence-corrected chi connectivity index (χ0v) is 13.0. The molecular formula is C16H16N2O3S. The van der Waals surface area contributed by atoms with Crippen LogP contribution in [0.2, 0.25) is 0 Å². The molecule has 0 saturated carbocycles. The molecule has 2 heterocycles. The topological polar surface area (TPSA) is 57.3 Å². The van der Waals surface area contributed by atoms with Crippen LogP contribution in [0.25, 0.3) is 10.8 Å². The van der Waals surface area contributed by atoms with Gasteiger partial charge in [-0.1, -0.05) is 24.3 Å². The van der Waals surface area contributed by atoms with Crippen LogP contribution < -0.4 is 10.5 Å². The summed E-state index contributed by atoms with van der Waals surface area (Å²) in [6, 6.07) is 11.6. The van der Waals surface area contributed by atoms with Crippen LogP contribution in [0.15, 0.2) is 51.0 Å². The molecule has 6 heteroatoms. The predicted octanol–water partition coefficient (Wildman–Crippen LogP) is 3.34. The Morgan fingerprint density at radius 3 is 2.91 bits per heavy atom. The molecule has 2 aromatic heterocycles. The summed E-state index contributed by atoms with van der Waals surface area (Å²) in [7, 11) is 0. The molecule has 0 unspecified atom stereocenters. The number of aryl methyl sites for hydroxylation is 2. The van der Waals surface area contributed by atoms with Gasteiger partial charge in [0.2, 0.25) is 0 Å². The van der Waals surface area contributed by atoms with E-state index in [1.807, 2.05) is 48.7 Å².